The number of carbonyl (C=O) groups excluding carboxylic acids is 2. The molecule has 38 heavy (non-hydrogen) atoms. The molecule has 0 saturated carbocycles. The number of rotatable bonds is 7. The number of para-hydroxylation sites is 1. The number of aromatic nitrogens is 4. The molecule has 0 radical (unpaired) electrons. The standard InChI is InChI=1S/C28H29FN6O3/c1-18-9-11-20(12-10-18)26-31-33-34(32-26)17-24(37)35(23-8-6-5-7-22(23)29)25(27(38)30-28(2,3)4)19-13-15-21(36)16-14-19/h5-16,25,36H,17H2,1-4H3,(H,30,38)/t25-/m1/s1. The highest BCUT2D eigenvalue weighted by molar-refractivity contribution is 6.01. The number of hydrogen-bond acceptors (Lipinski definition) is 6. The summed E-state index contributed by atoms with van der Waals surface area (Å²) < 4.78 is 15.1. The molecule has 0 aliphatic heterocycles. The molecule has 0 aliphatic carbocycles. The van der Waals surface area contributed by atoms with Gasteiger partial charge in [-0.2, -0.15) is 4.80 Å². The van der Waals surface area contributed by atoms with Gasteiger partial charge < -0.3 is 10.4 Å². The number of benzene rings is 3. The van der Waals surface area contributed by atoms with Crippen LogP contribution in [0.15, 0.2) is 72.8 Å². The second-order valence-corrected chi connectivity index (χ2v) is 9.96. The molecular formula is C28H29FN6O3. The molecule has 196 valence electrons. The van der Waals surface area contributed by atoms with Crippen molar-refractivity contribution in [3.63, 3.8) is 0 Å². The number of nitrogens with one attached hydrogen (secondary N) is 1. The maximum atomic E-state index is 15.1. The summed E-state index contributed by atoms with van der Waals surface area (Å²) in [5, 5.41) is 25.1. The molecule has 0 spiro atoms. The molecule has 0 fully saturated rings. The maximum Gasteiger partial charge on any atom is 0.251 e. The number of phenolic OH excluding ortho intramolecular Hbond substituents is 1. The van der Waals surface area contributed by atoms with Gasteiger partial charge in [0.1, 0.15) is 24.2 Å². The Hall–Kier alpha value is -4.60. The van der Waals surface area contributed by atoms with Crippen molar-refractivity contribution >= 4 is 17.5 Å². The maximum absolute atomic E-state index is 15.1. The van der Waals surface area contributed by atoms with Gasteiger partial charge in [-0.3, -0.25) is 14.5 Å². The lowest BCUT2D eigenvalue weighted by Gasteiger charge is -2.33. The number of anilines is 1. The Morgan fingerprint density at radius 1 is 1.03 bits per heavy atom. The number of carbonyl (C=O) groups is 2. The van der Waals surface area contributed by atoms with E-state index in [2.05, 4.69) is 20.7 Å². The van der Waals surface area contributed by atoms with Crippen molar-refractivity contribution in [3.8, 4) is 17.1 Å². The fourth-order valence-corrected chi connectivity index (χ4v) is 3.90. The van der Waals surface area contributed by atoms with Crippen LogP contribution >= 0.6 is 0 Å². The van der Waals surface area contributed by atoms with Gasteiger partial charge in [-0.25, -0.2) is 4.39 Å². The van der Waals surface area contributed by atoms with Crippen LogP contribution in [0.2, 0.25) is 0 Å². The van der Waals surface area contributed by atoms with Gasteiger partial charge in [0, 0.05) is 11.1 Å². The van der Waals surface area contributed by atoms with Crippen LogP contribution in [0.5, 0.6) is 5.75 Å². The molecule has 0 bridgehead atoms. The van der Waals surface area contributed by atoms with Gasteiger partial charge in [0.15, 0.2) is 0 Å². The summed E-state index contributed by atoms with van der Waals surface area (Å²) >= 11 is 0. The van der Waals surface area contributed by atoms with E-state index in [0.29, 0.717) is 11.4 Å². The molecule has 0 saturated heterocycles. The molecule has 2 amide bonds. The number of tetrazole rings is 1. The molecule has 4 aromatic rings. The number of nitrogens with zero attached hydrogens (tertiary/aromatic N) is 5. The van der Waals surface area contributed by atoms with Crippen molar-refractivity contribution in [2.45, 2.75) is 45.8 Å². The second kappa shape index (κ2) is 10.8. The summed E-state index contributed by atoms with van der Waals surface area (Å²) in [5.41, 5.74) is 1.47. The lowest BCUT2D eigenvalue weighted by Crippen LogP contribution is -2.50. The molecule has 2 N–H and O–H groups in total. The first-order valence-corrected chi connectivity index (χ1v) is 12.0. The highest BCUT2D eigenvalue weighted by atomic mass is 19.1. The number of aromatic hydroxyl groups is 1. The van der Waals surface area contributed by atoms with E-state index in [1.165, 1.54) is 42.5 Å². The lowest BCUT2D eigenvalue weighted by atomic mass is 10.0. The minimum absolute atomic E-state index is 0.0112. The van der Waals surface area contributed by atoms with E-state index < -0.39 is 35.8 Å². The van der Waals surface area contributed by atoms with Gasteiger partial charge in [0.2, 0.25) is 11.7 Å². The highest BCUT2D eigenvalue weighted by Crippen LogP contribution is 2.31. The van der Waals surface area contributed by atoms with Gasteiger partial charge in [-0.15, -0.1) is 10.2 Å². The van der Waals surface area contributed by atoms with E-state index in [4.69, 9.17) is 0 Å². The molecule has 9 nitrogen and oxygen atoms in total. The van der Waals surface area contributed by atoms with E-state index in [9.17, 15) is 14.7 Å². The highest BCUT2D eigenvalue weighted by Gasteiger charge is 2.36. The Labute approximate surface area is 219 Å². The molecule has 1 atom stereocenters. The topological polar surface area (TPSA) is 113 Å². The second-order valence-electron chi connectivity index (χ2n) is 9.96. The average Bonchev–Trinajstić information content (AvgIpc) is 3.31. The molecule has 1 heterocycles. The minimum atomic E-state index is -1.25. The van der Waals surface area contributed by atoms with Crippen molar-refractivity contribution in [3.05, 3.63) is 89.7 Å². The SMILES string of the molecule is Cc1ccc(-c2nnn(CC(=O)N(c3ccccc3F)[C@@H](C(=O)NC(C)(C)C)c3ccc(O)cc3)n2)cc1. The molecule has 4 rings (SSSR count). The first kappa shape index (κ1) is 26.5. The molecule has 10 heteroatoms. The third kappa shape index (κ3) is 6.20. The van der Waals surface area contributed by atoms with E-state index in [0.717, 1.165) is 20.8 Å². The number of aryl methyl sites for hydroxylation is 1. The predicted octanol–water partition coefficient (Wildman–Crippen LogP) is 4.18. The molecule has 3 aromatic carbocycles. The van der Waals surface area contributed by atoms with Gasteiger partial charge >= 0.3 is 0 Å². The fraction of sp³-hybridized carbons (Fsp3) is 0.250. The largest absolute Gasteiger partial charge is 0.508 e. The number of phenols is 1. The van der Waals surface area contributed by atoms with E-state index >= 15 is 4.39 Å². The Morgan fingerprint density at radius 2 is 1.68 bits per heavy atom. The van der Waals surface area contributed by atoms with Gasteiger partial charge in [0.25, 0.3) is 5.91 Å². The van der Waals surface area contributed by atoms with Crippen molar-refractivity contribution in [2.24, 2.45) is 0 Å². The summed E-state index contributed by atoms with van der Waals surface area (Å²) in [6, 6.07) is 17.9. The van der Waals surface area contributed by atoms with Gasteiger partial charge in [-0.1, -0.05) is 54.1 Å². The smallest absolute Gasteiger partial charge is 0.251 e. The quantitative estimate of drug-likeness (QED) is 0.381. The van der Waals surface area contributed by atoms with Crippen LogP contribution in [0.1, 0.15) is 37.9 Å². The van der Waals surface area contributed by atoms with Crippen LogP contribution in [0.3, 0.4) is 0 Å². The first-order valence-electron chi connectivity index (χ1n) is 12.0. The van der Waals surface area contributed by atoms with Crippen molar-refractivity contribution in [1.29, 1.82) is 0 Å². The Bertz CT molecular complexity index is 1430. The fourth-order valence-electron chi connectivity index (χ4n) is 3.90. The number of amides is 2. The van der Waals surface area contributed by atoms with Crippen LogP contribution in [0.4, 0.5) is 10.1 Å². The Balaban J connectivity index is 1.75. The van der Waals surface area contributed by atoms with Crippen molar-refractivity contribution in [2.75, 3.05) is 4.90 Å². The molecule has 0 aliphatic rings. The van der Waals surface area contributed by atoms with E-state index in [1.807, 2.05) is 31.2 Å². The van der Waals surface area contributed by atoms with Crippen LogP contribution < -0.4 is 10.2 Å². The van der Waals surface area contributed by atoms with Gasteiger partial charge in [0.05, 0.1) is 5.69 Å². The van der Waals surface area contributed by atoms with Gasteiger partial charge in [-0.05, 0) is 62.7 Å². The number of halogens is 1. The number of hydrogen-bond donors (Lipinski definition) is 2. The summed E-state index contributed by atoms with van der Waals surface area (Å²) in [6.07, 6.45) is 0. The summed E-state index contributed by atoms with van der Waals surface area (Å²) in [7, 11) is 0. The Morgan fingerprint density at radius 3 is 2.32 bits per heavy atom. The van der Waals surface area contributed by atoms with Crippen LogP contribution in [0.25, 0.3) is 11.4 Å². The zero-order valence-corrected chi connectivity index (χ0v) is 21.6. The third-order valence-corrected chi connectivity index (χ3v) is 5.63. The summed E-state index contributed by atoms with van der Waals surface area (Å²) in [4.78, 5) is 29.6. The van der Waals surface area contributed by atoms with Crippen LogP contribution in [0, 0.1) is 12.7 Å². The van der Waals surface area contributed by atoms with E-state index in [-0.39, 0.29) is 11.4 Å². The van der Waals surface area contributed by atoms with Crippen LogP contribution in [-0.4, -0.2) is 42.7 Å². The molecular weight excluding hydrogens is 487 g/mol. The van der Waals surface area contributed by atoms with E-state index in [1.54, 1.807) is 26.8 Å². The zero-order chi connectivity index (χ0) is 27.4. The summed E-state index contributed by atoms with van der Waals surface area (Å²) in [6.45, 7) is 6.98. The monoisotopic (exact) mass is 516 g/mol. The molecule has 0 unspecified atom stereocenters. The normalized spacial score (nSPS) is 12.1. The first-order chi connectivity index (χ1) is 18.0. The van der Waals surface area contributed by atoms with Crippen LogP contribution in [-0.2, 0) is 16.1 Å². The predicted molar refractivity (Wildman–Crippen MR) is 141 cm³/mol. The minimum Gasteiger partial charge on any atom is -0.508 e. The van der Waals surface area contributed by atoms with Crippen molar-refractivity contribution < 1.29 is 19.1 Å². The zero-order valence-electron chi connectivity index (χ0n) is 21.6. The lowest BCUT2D eigenvalue weighted by molar-refractivity contribution is -0.128. The summed E-state index contributed by atoms with van der Waals surface area (Å²) in [5.74, 6) is -1.52. The molecule has 1 aromatic heterocycles. The average molecular weight is 517 g/mol. The van der Waals surface area contributed by atoms with Crippen molar-refractivity contribution in [1.82, 2.24) is 25.5 Å². The third-order valence-electron chi connectivity index (χ3n) is 5.63. The Kier molecular flexibility index (Phi) is 7.52.